The van der Waals surface area contributed by atoms with Gasteiger partial charge in [-0.15, -0.1) is 0 Å². The number of piperidine rings is 1. The van der Waals surface area contributed by atoms with E-state index in [-0.39, 0.29) is 24.2 Å². The molecule has 164 valence electrons. The highest BCUT2D eigenvalue weighted by atomic mass is 19.1. The second kappa shape index (κ2) is 7.36. The zero-order chi connectivity index (χ0) is 21.8. The summed E-state index contributed by atoms with van der Waals surface area (Å²) in [5.74, 6) is 1.26. The highest BCUT2D eigenvalue weighted by Crippen LogP contribution is 2.41. The molecule has 2 atom stereocenters. The van der Waals surface area contributed by atoms with Crippen LogP contribution in [0.15, 0.2) is 36.9 Å². The fourth-order valence-electron chi connectivity index (χ4n) is 4.75. The molecule has 32 heavy (non-hydrogen) atoms. The van der Waals surface area contributed by atoms with Gasteiger partial charge in [0.1, 0.15) is 29.1 Å². The number of halogens is 2. The predicted molar refractivity (Wildman–Crippen MR) is 116 cm³/mol. The molecule has 6 rings (SSSR count). The molecule has 9 heteroatoms. The van der Waals surface area contributed by atoms with Crippen molar-refractivity contribution in [2.24, 2.45) is 0 Å². The number of H-pyrrole nitrogens is 1. The number of aryl methyl sites for hydroxylation is 1. The summed E-state index contributed by atoms with van der Waals surface area (Å²) in [6, 6.07) is 3.27. The van der Waals surface area contributed by atoms with Crippen LogP contribution in [0, 0.1) is 12.7 Å². The zero-order valence-corrected chi connectivity index (χ0v) is 17.7. The Morgan fingerprint density at radius 2 is 1.97 bits per heavy atom. The number of nitrogens with one attached hydrogen (secondary N) is 1. The van der Waals surface area contributed by atoms with Crippen LogP contribution in [0.1, 0.15) is 47.9 Å². The van der Waals surface area contributed by atoms with Crippen molar-refractivity contribution in [3.05, 3.63) is 59.6 Å². The molecule has 0 radical (unpaired) electrons. The van der Waals surface area contributed by atoms with E-state index >= 15 is 0 Å². The van der Waals surface area contributed by atoms with Crippen LogP contribution in [0.5, 0.6) is 0 Å². The molecule has 1 saturated heterocycles. The molecule has 4 aromatic heterocycles. The number of hydrogen-bond acceptors (Lipinski definition) is 5. The van der Waals surface area contributed by atoms with Crippen molar-refractivity contribution in [1.82, 2.24) is 29.5 Å². The van der Waals surface area contributed by atoms with E-state index in [2.05, 4.69) is 20.2 Å². The van der Waals surface area contributed by atoms with Gasteiger partial charge in [0, 0.05) is 42.2 Å². The van der Waals surface area contributed by atoms with Gasteiger partial charge < -0.3 is 4.90 Å². The van der Waals surface area contributed by atoms with E-state index in [0.717, 1.165) is 24.1 Å². The lowest BCUT2D eigenvalue weighted by Gasteiger charge is -2.35. The lowest BCUT2D eigenvalue weighted by molar-refractivity contribution is 0.267. The third kappa shape index (κ3) is 3.32. The molecular formula is C23H23F2N7. The molecule has 0 spiro atoms. The molecule has 2 unspecified atom stereocenters. The molecular weight excluding hydrogens is 412 g/mol. The molecule has 5 heterocycles. The van der Waals surface area contributed by atoms with Crippen LogP contribution >= 0.6 is 0 Å². The number of imidazole rings is 1. The summed E-state index contributed by atoms with van der Waals surface area (Å²) in [5, 5.41) is 7.05. The monoisotopic (exact) mass is 435 g/mol. The molecule has 1 saturated carbocycles. The van der Waals surface area contributed by atoms with Crippen LogP contribution in [0.3, 0.4) is 0 Å². The number of aromatic amines is 1. The van der Waals surface area contributed by atoms with Gasteiger partial charge in [0.2, 0.25) is 0 Å². The number of anilines is 1. The van der Waals surface area contributed by atoms with Crippen molar-refractivity contribution in [3.8, 4) is 11.5 Å². The smallest absolute Gasteiger partial charge is 0.180 e. The molecule has 1 N–H and O–H groups in total. The van der Waals surface area contributed by atoms with Crippen molar-refractivity contribution in [1.29, 1.82) is 0 Å². The maximum absolute atomic E-state index is 14.7. The third-order valence-corrected chi connectivity index (χ3v) is 6.54. The van der Waals surface area contributed by atoms with Crippen molar-refractivity contribution in [2.45, 2.75) is 44.2 Å². The van der Waals surface area contributed by atoms with Crippen molar-refractivity contribution in [3.63, 3.8) is 0 Å². The standard InChI is InChI=1S/C23H23F2N7/c1-13-17(8-28-30-13)15-6-16(24)11-31(10-15)21-4-5-26-23(29-21)20-9-27-22-7-19(25)18(12-32(20)22)14-2-3-14/h4-5,7-9,12,14-16H,2-3,6,10-11H2,1H3,(H,28,30). The summed E-state index contributed by atoms with van der Waals surface area (Å²) in [6.45, 7) is 2.90. The average Bonchev–Trinajstić information content (AvgIpc) is 3.41. The summed E-state index contributed by atoms with van der Waals surface area (Å²) in [4.78, 5) is 15.5. The topological polar surface area (TPSA) is 75.0 Å². The SMILES string of the molecule is Cc1[nH]ncc1C1CC(F)CN(c2ccnc(-c3cnc4cc(F)c(C5CC5)cn34)n2)C1. The van der Waals surface area contributed by atoms with Crippen LogP contribution < -0.4 is 4.90 Å². The van der Waals surface area contributed by atoms with E-state index in [1.54, 1.807) is 24.7 Å². The second-order valence-corrected chi connectivity index (χ2v) is 8.85. The fraction of sp³-hybridized carbons (Fsp3) is 0.391. The van der Waals surface area contributed by atoms with E-state index in [9.17, 15) is 8.78 Å². The first-order chi connectivity index (χ1) is 15.6. The van der Waals surface area contributed by atoms with Crippen LogP contribution in [0.4, 0.5) is 14.6 Å². The number of nitrogens with zero attached hydrogens (tertiary/aromatic N) is 6. The Balaban J connectivity index is 1.35. The summed E-state index contributed by atoms with van der Waals surface area (Å²) in [5.41, 5.74) is 3.94. The Bertz CT molecular complexity index is 1290. The summed E-state index contributed by atoms with van der Waals surface area (Å²) < 4.78 is 30.9. The molecule has 0 aromatic carbocycles. The largest absolute Gasteiger partial charge is 0.353 e. The van der Waals surface area contributed by atoms with E-state index in [0.29, 0.717) is 41.5 Å². The third-order valence-electron chi connectivity index (χ3n) is 6.54. The Labute approximate surface area is 183 Å². The quantitative estimate of drug-likeness (QED) is 0.521. The average molecular weight is 435 g/mol. The van der Waals surface area contributed by atoms with Crippen molar-refractivity contribution in [2.75, 3.05) is 18.0 Å². The van der Waals surface area contributed by atoms with E-state index < -0.39 is 6.17 Å². The lowest BCUT2D eigenvalue weighted by Crippen LogP contribution is -2.41. The zero-order valence-electron chi connectivity index (χ0n) is 17.7. The minimum atomic E-state index is -0.957. The van der Waals surface area contributed by atoms with Gasteiger partial charge in [-0.3, -0.25) is 9.50 Å². The molecule has 4 aromatic rings. The minimum Gasteiger partial charge on any atom is -0.353 e. The summed E-state index contributed by atoms with van der Waals surface area (Å²) in [6.07, 6.45) is 8.48. The summed E-state index contributed by atoms with van der Waals surface area (Å²) >= 11 is 0. The Hall–Kier alpha value is -3.36. The van der Waals surface area contributed by atoms with Crippen molar-refractivity contribution >= 4 is 11.5 Å². The molecule has 1 aliphatic heterocycles. The van der Waals surface area contributed by atoms with Gasteiger partial charge >= 0.3 is 0 Å². The highest BCUT2D eigenvalue weighted by molar-refractivity contribution is 5.59. The number of fused-ring (bicyclic) bond motifs is 1. The molecule has 2 fully saturated rings. The first-order valence-electron chi connectivity index (χ1n) is 11.0. The van der Waals surface area contributed by atoms with Gasteiger partial charge in [-0.2, -0.15) is 5.10 Å². The maximum atomic E-state index is 14.7. The van der Waals surface area contributed by atoms with Crippen LogP contribution in [-0.2, 0) is 0 Å². The molecule has 7 nitrogen and oxygen atoms in total. The Kier molecular flexibility index (Phi) is 4.44. The number of rotatable bonds is 4. The minimum absolute atomic E-state index is 0.0378. The van der Waals surface area contributed by atoms with Crippen LogP contribution in [-0.4, -0.2) is 48.8 Å². The molecule has 0 bridgehead atoms. The predicted octanol–water partition coefficient (Wildman–Crippen LogP) is 4.17. The summed E-state index contributed by atoms with van der Waals surface area (Å²) in [7, 11) is 0. The lowest BCUT2D eigenvalue weighted by atomic mass is 9.90. The fourth-order valence-corrected chi connectivity index (χ4v) is 4.75. The normalized spacial score (nSPS) is 21.4. The number of pyridine rings is 1. The Morgan fingerprint density at radius 3 is 2.75 bits per heavy atom. The Morgan fingerprint density at radius 1 is 1.09 bits per heavy atom. The number of hydrogen-bond donors (Lipinski definition) is 1. The first-order valence-corrected chi connectivity index (χ1v) is 11.0. The maximum Gasteiger partial charge on any atom is 0.180 e. The number of aromatic nitrogens is 6. The highest BCUT2D eigenvalue weighted by Gasteiger charge is 2.31. The van der Waals surface area contributed by atoms with Gasteiger partial charge in [-0.05, 0) is 43.7 Å². The molecule has 2 aliphatic rings. The first kappa shape index (κ1) is 19.3. The van der Waals surface area contributed by atoms with Gasteiger partial charge in [0.25, 0.3) is 0 Å². The van der Waals surface area contributed by atoms with Crippen molar-refractivity contribution < 1.29 is 8.78 Å². The molecule has 0 amide bonds. The van der Waals surface area contributed by atoms with Gasteiger partial charge in [-0.25, -0.2) is 23.7 Å². The van der Waals surface area contributed by atoms with E-state index in [4.69, 9.17) is 4.98 Å². The van der Waals surface area contributed by atoms with E-state index in [1.165, 1.54) is 6.07 Å². The number of alkyl halides is 1. The van der Waals surface area contributed by atoms with Crippen LogP contribution in [0.2, 0.25) is 0 Å². The van der Waals surface area contributed by atoms with Gasteiger partial charge in [0.15, 0.2) is 5.82 Å². The molecule has 1 aliphatic carbocycles. The van der Waals surface area contributed by atoms with E-state index in [1.807, 2.05) is 22.4 Å². The van der Waals surface area contributed by atoms with Gasteiger partial charge in [-0.1, -0.05) is 0 Å². The van der Waals surface area contributed by atoms with Gasteiger partial charge in [0.05, 0.1) is 18.9 Å². The second-order valence-electron chi connectivity index (χ2n) is 8.85. The van der Waals surface area contributed by atoms with Crippen LogP contribution in [0.25, 0.3) is 17.2 Å².